The molecule has 98 valence electrons. The van der Waals surface area contributed by atoms with E-state index in [0.717, 1.165) is 44.5 Å². The highest BCUT2D eigenvalue weighted by atomic mass is 19.3. The second-order valence-electron chi connectivity index (χ2n) is 5.90. The number of hydrogen-bond acceptors (Lipinski definition) is 1. The molecule has 0 aromatic rings. The van der Waals surface area contributed by atoms with Crippen LogP contribution < -0.4 is 0 Å². The third kappa shape index (κ3) is 2.87. The second-order valence-corrected chi connectivity index (χ2v) is 5.90. The first-order valence-electron chi connectivity index (χ1n) is 6.59. The zero-order chi connectivity index (χ0) is 12.5. The summed E-state index contributed by atoms with van der Waals surface area (Å²) in [6.45, 7) is 4.91. The van der Waals surface area contributed by atoms with Gasteiger partial charge in [-0.15, -0.1) is 0 Å². The Labute approximate surface area is 102 Å². The quantitative estimate of drug-likeness (QED) is 0.506. The van der Waals surface area contributed by atoms with Crippen LogP contribution >= 0.6 is 0 Å². The van der Waals surface area contributed by atoms with Gasteiger partial charge < -0.3 is 4.74 Å². The van der Waals surface area contributed by atoms with Crippen LogP contribution in [-0.4, -0.2) is 19.1 Å². The number of fused-ring (bicyclic) bond motifs is 1. The van der Waals surface area contributed by atoms with Gasteiger partial charge in [0.05, 0.1) is 13.2 Å². The Balaban J connectivity index is 1.65. The molecular formula is C14H22F2O. The van der Waals surface area contributed by atoms with Crippen LogP contribution in [0.3, 0.4) is 0 Å². The van der Waals surface area contributed by atoms with E-state index in [1.165, 1.54) is 6.42 Å². The van der Waals surface area contributed by atoms with Gasteiger partial charge in [0.1, 0.15) is 0 Å². The fraction of sp³-hybridized carbons (Fsp3) is 0.857. The number of alkyl halides is 2. The molecule has 3 heteroatoms. The summed E-state index contributed by atoms with van der Waals surface area (Å²) in [4.78, 5) is 0. The average molecular weight is 244 g/mol. The molecule has 2 rings (SSSR count). The van der Waals surface area contributed by atoms with Gasteiger partial charge in [-0.25, -0.2) is 8.78 Å². The van der Waals surface area contributed by atoms with Gasteiger partial charge >= 0.3 is 0 Å². The summed E-state index contributed by atoms with van der Waals surface area (Å²) in [5.74, 6) is -2.51. The van der Waals surface area contributed by atoms with Crippen molar-refractivity contribution >= 4 is 0 Å². The van der Waals surface area contributed by atoms with E-state index < -0.39 is 11.8 Å². The van der Waals surface area contributed by atoms with Gasteiger partial charge in [0.15, 0.2) is 0 Å². The Morgan fingerprint density at radius 1 is 1.47 bits per heavy atom. The minimum absolute atomic E-state index is 0.439. The smallest absolute Gasteiger partial charge is 0.268 e. The zero-order valence-electron chi connectivity index (χ0n) is 10.7. The van der Waals surface area contributed by atoms with Crippen molar-refractivity contribution in [3.05, 3.63) is 12.2 Å². The number of hydrogen-bond donors (Lipinski definition) is 0. The maximum Gasteiger partial charge on any atom is 0.268 e. The molecule has 0 amide bonds. The van der Waals surface area contributed by atoms with Crippen LogP contribution in [0, 0.1) is 17.3 Å². The van der Waals surface area contributed by atoms with Gasteiger partial charge in [0.2, 0.25) is 0 Å². The topological polar surface area (TPSA) is 9.23 Å². The summed E-state index contributed by atoms with van der Waals surface area (Å²) in [6.07, 6.45) is 6.91. The standard InChI is InChI=1S/C14H22F2O/c1-11(2)14(15,16)7-5-3-4-6-13-8-12(13)9-17-10-13/h5,7,11-12H,3-4,6,8-10H2,1-2H3/b7-5+. The van der Waals surface area contributed by atoms with Gasteiger partial charge in [-0.3, -0.25) is 0 Å². The number of halogens is 2. The van der Waals surface area contributed by atoms with Crippen molar-refractivity contribution < 1.29 is 13.5 Å². The van der Waals surface area contributed by atoms with Gasteiger partial charge in [-0.05, 0) is 43.1 Å². The molecule has 2 fully saturated rings. The minimum Gasteiger partial charge on any atom is -0.381 e. The Bertz CT molecular complexity index is 299. The van der Waals surface area contributed by atoms with E-state index in [1.54, 1.807) is 19.9 Å². The lowest BCUT2D eigenvalue weighted by atomic mass is 9.98. The molecule has 0 N–H and O–H groups in total. The summed E-state index contributed by atoms with van der Waals surface area (Å²) in [5.41, 5.74) is 0.439. The molecule has 0 spiro atoms. The normalized spacial score (nSPS) is 32.4. The molecule has 2 atom stereocenters. The second kappa shape index (κ2) is 4.68. The summed E-state index contributed by atoms with van der Waals surface area (Å²) < 4.78 is 31.9. The number of ether oxygens (including phenoxy) is 1. The van der Waals surface area contributed by atoms with Gasteiger partial charge in [0, 0.05) is 5.92 Å². The molecule has 1 nitrogen and oxygen atoms in total. The molecule has 2 aliphatic rings. The molecule has 0 radical (unpaired) electrons. The largest absolute Gasteiger partial charge is 0.381 e. The maximum absolute atomic E-state index is 13.3. The Morgan fingerprint density at radius 3 is 2.76 bits per heavy atom. The van der Waals surface area contributed by atoms with Crippen LogP contribution in [0.15, 0.2) is 12.2 Å². The SMILES string of the molecule is CC(C)C(F)(F)/C=C/CCCC12COCC1C2. The fourth-order valence-corrected chi connectivity index (χ4v) is 2.63. The predicted molar refractivity (Wildman–Crippen MR) is 64.1 cm³/mol. The van der Waals surface area contributed by atoms with Crippen molar-refractivity contribution in [2.75, 3.05) is 13.2 Å². The Morgan fingerprint density at radius 2 is 2.24 bits per heavy atom. The third-order valence-corrected chi connectivity index (χ3v) is 4.22. The Hall–Kier alpha value is -0.440. The first kappa shape index (κ1) is 13.0. The highest BCUT2D eigenvalue weighted by molar-refractivity contribution is 5.06. The first-order valence-corrected chi connectivity index (χ1v) is 6.59. The van der Waals surface area contributed by atoms with Crippen LogP contribution in [0.4, 0.5) is 8.78 Å². The van der Waals surface area contributed by atoms with Crippen molar-refractivity contribution in [2.45, 2.75) is 45.5 Å². The zero-order valence-corrected chi connectivity index (χ0v) is 10.7. The summed E-state index contributed by atoms with van der Waals surface area (Å²) in [6, 6.07) is 0. The van der Waals surface area contributed by atoms with Crippen molar-refractivity contribution in [1.82, 2.24) is 0 Å². The van der Waals surface area contributed by atoms with Crippen molar-refractivity contribution in [3.8, 4) is 0 Å². The first-order chi connectivity index (χ1) is 7.96. The molecule has 0 aromatic heterocycles. The predicted octanol–water partition coefficient (Wildman–Crippen LogP) is 4.04. The molecule has 17 heavy (non-hydrogen) atoms. The summed E-state index contributed by atoms with van der Waals surface area (Å²) in [5, 5.41) is 0. The third-order valence-electron chi connectivity index (χ3n) is 4.22. The van der Waals surface area contributed by atoms with E-state index in [-0.39, 0.29) is 0 Å². The van der Waals surface area contributed by atoms with Crippen LogP contribution in [0.2, 0.25) is 0 Å². The van der Waals surface area contributed by atoms with Crippen LogP contribution in [0.1, 0.15) is 39.5 Å². The number of rotatable bonds is 6. The molecular weight excluding hydrogens is 222 g/mol. The lowest BCUT2D eigenvalue weighted by Gasteiger charge is -2.15. The molecule has 0 aromatic carbocycles. The van der Waals surface area contributed by atoms with Crippen LogP contribution in [0.25, 0.3) is 0 Å². The van der Waals surface area contributed by atoms with Gasteiger partial charge in [-0.2, -0.15) is 0 Å². The molecule has 1 saturated carbocycles. The van der Waals surface area contributed by atoms with Crippen molar-refractivity contribution in [1.29, 1.82) is 0 Å². The van der Waals surface area contributed by atoms with Crippen molar-refractivity contribution in [2.24, 2.45) is 17.3 Å². The molecule has 2 unspecified atom stereocenters. The average Bonchev–Trinajstić information content (AvgIpc) is 2.79. The number of allylic oxidation sites excluding steroid dienone is 2. The van der Waals surface area contributed by atoms with E-state index in [2.05, 4.69) is 0 Å². The summed E-state index contributed by atoms with van der Waals surface area (Å²) >= 11 is 0. The van der Waals surface area contributed by atoms with E-state index in [9.17, 15) is 8.78 Å². The van der Waals surface area contributed by atoms with E-state index in [0.29, 0.717) is 5.41 Å². The van der Waals surface area contributed by atoms with Crippen molar-refractivity contribution in [3.63, 3.8) is 0 Å². The highest BCUT2D eigenvalue weighted by Gasteiger charge is 2.57. The lowest BCUT2D eigenvalue weighted by Crippen LogP contribution is -2.20. The van der Waals surface area contributed by atoms with Crippen LogP contribution in [0.5, 0.6) is 0 Å². The fourth-order valence-electron chi connectivity index (χ4n) is 2.63. The summed E-state index contributed by atoms with van der Waals surface area (Å²) in [7, 11) is 0. The maximum atomic E-state index is 13.3. The van der Waals surface area contributed by atoms with Crippen LogP contribution in [-0.2, 0) is 4.74 Å². The van der Waals surface area contributed by atoms with E-state index in [4.69, 9.17) is 4.74 Å². The lowest BCUT2D eigenvalue weighted by molar-refractivity contribution is 0.00601. The monoisotopic (exact) mass is 244 g/mol. The Kier molecular flexibility index (Phi) is 3.58. The van der Waals surface area contributed by atoms with E-state index >= 15 is 0 Å². The minimum atomic E-state index is -2.66. The van der Waals surface area contributed by atoms with Gasteiger partial charge in [-0.1, -0.05) is 19.9 Å². The number of unbranched alkanes of at least 4 members (excludes halogenated alkanes) is 1. The molecule has 0 bridgehead atoms. The molecule has 1 saturated heterocycles. The molecule has 1 aliphatic heterocycles. The van der Waals surface area contributed by atoms with Gasteiger partial charge in [0.25, 0.3) is 5.92 Å². The highest BCUT2D eigenvalue weighted by Crippen LogP contribution is 2.59. The van der Waals surface area contributed by atoms with E-state index in [1.807, 2.05) is 0 Å². The molecule has 1 heterocycles. The molecule has 1 aliphatic carbocycles.